The minimum atomic E-state index is -0.223. The molecule has 0 aromatic carbocycles. The van der Waals surface area contributed by atoms with Gasteiger partial charge >= 0.3 is 0 Å². The van der Waals surface area contributed by atoms with Crippen molar-refractivity contribution in [3.8, 4) is 0 Å². The van der Waals surface area contributed by atoms with Crippen molar-refractivity contribution in [2.75, 3.05) is 13.6 Å². The van der Waals surface area contributed by atoms with Crippen LogP contribution >= 0.6 is 0 Å². The number of carbonyl (C=O) groups excluding carboxylic acids is 1. The normalized spacial score (nSPS) is 12.3. The molecular weight excluding hydrogens is 254 g/mol. The molecular formula is C14H21N5O. The number of hydrogen-bond donors (Lipinski definition) is 0. The lowest BCUT2D eigenvalue weighted by molar-refractivity contribution is -0.134. The Hall–Kier alpha value is -2.11. The fourth-order valence-electron chi connectivity index (χ4n) is 2.20. The van der Waals surface area contributed by atoms with Crippen LogP contribution in [0.15, 0.2) is 30.9 Å². The number of imidazole rings is 1. The Bertz CT molecular complexity index is 546. The summed E-state index contributed by atoms with van der Waals surface area (Å²) in [6.45, 7) is 5.37. The average molecular weight is 275 g/mol. The summed E-state index contributed by atoms with van der Waals surface area (Å²) in [5.74, 6) is 1.05. The maximum absolute atomic E-state index is 12.5. The third kappa shape index (κ3) is 3.07. The Morgan fingerprint density at radius 2 is 2.20 bits per heavy atom. The Morgan fingerprint density at radius 3 is 2.75 bits per heavy atom. The summed E-state index contributed by atoms with van der Waals surface area (Å²) in [5, 5.41) is 4.17. The van der Waals surface area contributed by atoms with E-state index in [-0.39, 0.29) is 11.9 Å². The standard InChI is InChI=1S/C14H21N5O/c1-4-13(19-8-5-6-16-19)14(20)17(3)10-11-18-9-7-15-12(18)2/h5-9,13H,4,10-11H2,1-3H3/t13-/m1/s1. The predicted octanol–water partition coefficient (Wildman–Crippen LogP) is 1.50. The van der Waals surface area contributed by atoms with Crippen LogP contribution in [0.5, 0.6) is 0 Å². The van der Waals surface area contributed by atoms with Crippen LogP contribution < -0.4 is 0 Å². The topological polar surface area (TPSA) is 56.0 Å². The van der Waals surface area contributed by atoms with Gasteiger partial charge < -0.3 is 9.47 Å². The third-order valence-corrected chi connectivity index (χ3v) is 3.49. The quantitative estimate of drug-likeness (QED) is 0.802. The van der Waals surface area contributed by atoms with Gasteiger partial charge in [0, 0.05) is 44.9 Å². The molecule has 0 saturated carbocycles. The van der Waals surface area contributed by atoms with Gasteiger partial charge in [0.05, 0.1) is 0 Å². The van der Waals surface area contributed by atoms with Gasteiger partial charge in [-0.25, -0.2) is 4.98 Å². The fraction of sp³-hybridized carbons (Fsp3) is 0.500. The van der Waals surface area contributed by atoms with Gasteiger partial charge in [-0.1, -0.05) is 6.92 Å². The van der Waals surface area contributed by atoms with E-state index in [1.54, 1.807) is 22.0 Å². The molecule has 0 fully saturated rings. The number of aromatic nitrogens is 4. The molecule has 2 aromatic rings. The van der Waals surface area contributed by atoms with E-state index in [0.717, 1.165) is 18.8 Å². The molecule has 6 heteroatoms. The first-order valence-electron chi connectivity index (χ1n) is 6.85. The van der Waals surface area contributed by atoms with Crippen LogP contribution in [0.1, 0.15) is 25.2 Å². The number of amides is 1. The van der Waals surface area contributed by atoms with Gasteiger partial charge in [-0.05, 0) is 19.4 Å². The smallest absolute Gasteiger partial charge is 0.247 e. The van der Waals surface area contributed by atoms with Crippen LogP contribution in [0.2, 0.25) is 0 Å². The summed E-state index contributed by atoms with van der Waals surface area (Å²) in [5.41, 5.74) is 0. The summed E-state index contributed by atoms with van der Waals surface area (Å²) >= 11 is 0. The summed E-state index contributed by atoms with van der Waals surface area (Å²) in [6.07, 6.45) is 7.97. The lowest BCUT2D eigenvalue weighted by Crippen LogP contribution is -2.36. The Labute approximate surface area is 119 Å². The zero-order chi connectivity index (χ0) is 14.5. The number of hydrogen-bond acceptors (Lipinski definition) is 3. The highest BCUT2D eigenvalue weighted by atomic mass is 16.2. The van der Waals surface area contributed by atoms with Gasteiger partial charge in [0.1, 0.15) is 11.9 Å². The van der Waals surface area contributed by atoms with Crippen molar-refractivity contribution in [2.45, 2.75) is 32.9 Å². The molecule has 0 unspecified atom stereocenters. The van der Waals surface area contributed by atoms with Crippen molar-refractivity contribution in [1.29, 1.82) is 0 Å². The first-order valence-corrected chi connectivity index (χ1v) is 6.85. The molecule has 108 valence electrons. The molecule has 1 atom stereocenters. The van der Waals surface area contributed by atoms with Crippen molar-refractivity contribution in [1.82, 2.24) is 24.2 Å². The second kappa shape index (κ2) is 6.36. The summed E-state index contributed by atoms with van der Waals surface area (Å²) in [7, 11) is 1.83. The molecule has 2 aromatic heterocycles. The number of carbonyl (C=O) groups is 1. The van der Waals surface area contributed by atoms with Crippen molar-refractivity contribution < 1.29 is 4.79 Å². The van der Waals surface area contributed by atoms with Crippen molar-refractivity contribution >= 4 is 5.91 Å². The van der Waals surface area contributed by atoms with E-state index in [2.05, 4.69) is 10.1 Å². The fourth-order valence-corrected chi connectivity index (χ4v) is 2.20. The molecule has 20 heavy (non-hydrogen) atoms. The molecule has 0 aliphatic heterocycles. The van der Waals surface area contributed by atoms with Gasteiger partial charge in [-0.3, -0.25) is 9.48 Å². The van der Waals surface area contributed by atoms with Crippen LogP contribution in [0, 0.1) is 6.92 Å². The van der Waals surface area contributed by atoms with Gasteiger partial charge in [-0.15, -0.1) is 0 Å². The number of likely N-dealkylation sites (N-methyl/N-ethyl adjacent to an activating group) is 1. The van der Waals surface area contributed by atoms with E-state index >= 15 is 0 Å². The molecule has 0 spiro atoms. The van der Waals surface area contributed by atoms with Gasteiger partial charge in [0.2, 0.25) is 5.91 Å². The summed E-state index contributed by atoms with van der Waals surface area (Å²) in [4.78, 5) is 18.4. The molecule has 0 aliphatic rings. The minimum Gasteiger partial charge on any atom is -0.342 e. The minimum absolute atomic E-state index is 0.0916. The zero-order valence-corrected chi connectivity index (χ0v) is 12.2. The summed E-state index contributed by atoms with van der Waals surface area (Å²) < 4.78 is 3.76. The van der Waals surface area contributed by atoms with Gasteiger partial charge in [0.15, 0.2) is 0 Å². The SMILES string of the molecule is CC[C@H](C(=O)N(C)CCn1ccnc1C)n1cccn1. The number of rotatable bonds is 6. The predicted molar refractivity (Wildman–Crippen MR) is 76.2 cm³/mol. The van der Waals surface area contributed by atoms with Crippen LogP contribution in [0.4, 0.5) is 0 Å². The number of nitrogens with zero attached hydrogens (tertiary/aromatic N) is 5. The van der Waals surface area contributed by atoms with E-state index in [0.29, 0.717) is 6.54 Å². The zero-order valence-electron chi connectivity index (χ0n) is 12.2. The molecule has 2 heterocycles. The highest BCUT2D eigenvalue weighted by Gasteiger charge is 2.22. The van der Waals surface area contributed by atoms with E-state index in [1.807, 2.05) is 43.9 Å². The lowest BCUT2D eigenvalue weighted by atomic mass is 10.2. The van der Waals surface area contributed by atoms with Crippen LogP contribution in [0.25, 0.3) is 0 Å². The van der Waals surface area contributed by atoms with Crippen LogP contribution in [-0.2, 0) is 11.3 Å². The van der Waals surface area contributed by atoms with E-state index < -0.39 is 0 Å². The van der Waals surface area contributed by atoms with Gasteiger partial charge in [0.25, 0.3) is 0 Å². The first kappa shape index (κ1) is 14.3. The molecule has 0 radical (unpaired) electrons. The van der Waals surface area contributed by atoms with Crippen molar-refractivity contribution in [3.05, 3.63) is 36.7 Å². The summed E-state index contributed by atoms with van der Waals surface area (Å²) in [6, 6.07) is 1.61. The highest BCUT2D eigenvalue weighted by Crippen LogP contribution is 2.13. The third-order valence-electron chi connectivity index (χ3n) is 3.49. The Morgan fingerprint density at radius 1 is 1.40 bits per heavy atom. The Kier molecular flexibility index (Phi) is 4.55. The molecule has 2 rings (SSSR count). The first-order chi connectivity index (χ1) is 9.63. The largest absolute Gasteiger partial charge is 0.342 e. The van der Waals surface area contributed by atoms with Crippen molar-refractivity contribution in [3.63, 3.8) is 0 Å². The van der Waals surface area contributed by atoms with E-state index in [1.165, 1.54) is 0 Å². The monoisotopic (exact) mass is 275 g/mol. The molecule has 0 aliphatic carbocycles. The highest BCUT2D eigenvalue weighted by molar-refractivity contribution is 5.80. The van der Waals surface area contributed by atoms with Gasteiger partial charge in [-0.2, -0.15) is 5.10 Å². The number of aryl methyl sites for hydroxylation is 1. The molecule has 0 N–H and O–H groups in total. The average Bonchev–Trinajstić information content (AvgIpc) is 3.09. The van der Waals surface area contributed by atoms with Crippen LogP contribution in [0.3, 0.4) is 0 Å². The molecule has 6 nitrogen and oxygen atoms in total. The maximum atomic E-state index is 12.5. The lowest BCUT2D eigenvalue weighted by Gasteiger charge is -2.23. The molecule has 1 amide bonds. The molecule has 0 bridgehead atoms. The van der Waals surface area contributed by atoms with Crippen LogP contribution in [-0.4, -0.2) is 43.7 Å². The molecule has 0 saturated heterocycles. The second-order valence-corrected chi connectivity index (χ2v) is 4.84. The van der Waals surface area contributed by atoms with Crippen molar-refractivity contribution in [2.24, 2.45) is 0 Å². The van der Waals surface area contributed by atoms with E-state index in [9.17, 15) is 4.79 Å². The van der Waals surface area contributed by atoms with E-state index in [4.69, 9.17) is 0 Å². The second-order valence-electron chi connectivity index (χ2n) is 4.84. The maximum Gasteiger partial charge on any atom is 0.247 e. The Balaban J connectivity index is 1.96.